The van der Waals surface area contributed by atoms with Gasteiger partial charge in [-0.25, -0.2) is 0 Å². The van der Waals surface area contributed by atoms with Gasteiger partial charge in [0.25, 0.3) is 0 Å². The molecular formula is C12H17NO. The number of hydrogen-bond donors (Lipinski definition) is 1. The number of hydrogen-bond acceptors (Lipinski definition) is 1. The maximum absolute atomic E-state index is 5.22. The van der Waals surface area contributed by atoms with Crippen LogP contribution in [0.4, 0.5) is 0 Å². The molecule has 0 saturated heterocycles. The number of ether oxygens (including phenoxy) is 1. The Bertz CT molecular complexity index is 404. The standard InChI is InChI=1S/C10H11NO.C2H6/c1-7-3-4-9(12-2)8-5-6-11-10(7)8;1-2/h3-6,11H,1-2H3;1-2H3. The molecule has 2 rings (SSSR count). The van der Waals surface area contributed by atoms with E-state index in [9.17, 15) is 0 Å². The van der Waals surface area contributed by atoms with Crippen LogP contribution in [0.1, 0.15) is 19.4 Å². The molecule has 0 radical (unpaired) electrons. The highest BCUT2D eigenvalue weighted by Crippen LogP contribution is 2.26. The summed E-state index contributed by atoms with van der Waals surface area (Å²) in [6.07, 6.45) is 1.93. The van der Waals surface area contributed by atoms with Gasteiger partial charge < -0.3 is 9.72 Å². The first-order valence-corrected chi connectivity index (χ1v) is 4.93. The van der Waals surface area contributed by atoms with Crippen molar-refractivity contribution in [2.45, 2.75) is 20.8 Å². The monoisotopic (exact) mass is 191 g/mol. The third-order valence-electron chi connectivity index (χ3n) is 2.11. The number of aromatic nitrogens is 1. The zero-order valence-electron chi connectivity index (χ0n) is 9.22. The van der Waals surface area contributed by atoms with Crippen LogP contribution in [-0.2, 0) is 0 Å². The first kappa shape index (κ1) is 10.6. The van der Waals surface area contributed by atoms with E-state index >= 15 is 0 Å². The summed E-state index contributed by atoms with van der Waals surface area (Å²) >= 11 is 0. The summed E-state index contributed by atoms with van der Waals surface area (Å²) in [6, 6.07) is 6.07. The van der Waals surface area contributed by atoms with E-state index in [-0.39, 0.29) is 0 Å². The second-order valence-electron chi connectivity index (χ2n) is 2.85. The second kappa shape index (κ2) is 4.70. The maximum Gasteiger partial charge on any atom is 0.128 e. The van der Waals surface area contributed by atoms with E-state index in [1.807, 2.05) is 32.2 Å². The molecule has 0 atom stereocenters. The van der Waals surface area contributed by atoms with Crippen molar-refractivity contribution in [1.82, 2.24) is 4.98 Å². The van der Waals surface area contributed by atoms with Gasteiger partial charge in [0.1, 0.15) is 5.75 Å². The molecule has 1 aromatic heterocycles. The number of aromatic amines is 1. The quantitative estimate of drug-likeness (QED) is 0.733. The van der Waals surface area contributed by atoms with Crippen molar-refractivity contribution < 1.29 is 4.74 Å². The van der Waals surface area contributed by atoms with Crippen LogP contribution in [0.3, 0.4) is 0 Å². The summed E-state index contributed by atoms with van der Waals surface area (Å²) in [5.74, 6) is 0.928. The Labute approximate surface area is 84.9 Å². The number of nitrogens with one attached hydrogen (secondary N) is 1. The van der Waals surface area contributed by atoms with E-state index in [0.717, 1.165) is 16.7 Å². The van der Waals surface area contributed by atoms with E-state index in [2.05, 4.69) is 18.0 Å². The molecule has 0 aliphatic carbocycles. The Morgan fingerprint density at radius 2 is 1.86 bits per heavy atom. The molecule has 2 nitrogen and oxygen atoms in total. The lowest BCUT2D eigenvalue weighted by Crippen LogP contribution is -1.84. The van der Waals surface area contributed by atoms with Crippen LogP contribution in [0.25, 0.3) is 10.9 Å². The van der Waals surface area contributed by atoms with Crippen molar-refractivity contribution in [2.24, 2.45) is 0 Å². The van der Waals surface area contributed by atoms with Crippen LogP contribution in [0.15, 0.2) is 24.4 Å². The topological polar surface area (TPSA) is 25.0 Å². The average molecular weight is 191 g/mol. The van der Waals surface area contributed by atoms with Crippen molar-refractivity contribution in [1.29, 1.82) is 0 Å². The molecule has 0 amide bonds. The molecule has 0 aliphatic heterocycles. The number of aryl methyl sites for hydroxylation is 1. The third-order valence-corrected chi connectivity index (χ3v) is 2.11. The molecule has 76 valence electrons. The summed E-state index contributed by atoms with van der Waals surface area (Å²) in [5, 5.41) is 1.15. The summed E-state index contributed by atoms with van der Waals surface area (Å²) in [4.78, 5) is 3.18. The van der Waals surface area contributed by atoms with Gasteiger partial charge >= 0.3 is 0 Å². The van der Waals surface area contributed by atoms with Crippen LogP contribution in [0, 0.1) is 6.92 Å². The van der Waals surface area contributed by atoms with Crippen LogP contribution < -0.4 is 4.74 Å². The molecule has 2 aromatic rings. The first-order valence-electron chi connectivity index (χ1n) is 4.93. The van der Waals surface area contributed by atoms with E-state index in [0.29, 0.717) is 0 Å². The maximum atomic E-state index is 5.22. The number of H-pyrrole nitrogens is 1. The largest absolute Gasteiger partial charge is 0.496 e. The predicted octanol–water partition coefficient (Wildman–Crippen LogP) is 3.51. The number of fused-ring (bicyclic) bond motifs is 1. The molecule has 0 spiro atoms. The molecular weight excluding hydrogens is 174 g/mol. The molecule has 1 N–H and O–H groups in total. The average Bonchev–Trinajstić information content (AvgIpc) is 2.71. The smallest absolute Gasteiger partial charge is 0.128 e. The van der Waals surface area contributed by atoms with Gasteiger partial charge in [-0.05, 0) is 24.6 Å². The Kier molecular flexibility index (Phi) is 3.57. The third kappa shape index (κ3) is 1.74. The number of rotatable bonds is 1. The lowest BCUT2D eigenvalue weighted by atomic mass is 10.1. The van der Waals surface area contributed by atoms with Gasteiger partial charge in [0, 0.05) is 11.6 Å². The summed E-state index contributed by atoms with van der Waals surface area (Å²) < 4.78 is 5.22. The molecule has 0 saturated carbocycles. The van der Waals surface area contributed by atoms with Crippen molar-refractivity contribution in [3.8, 4) is 5.75 Å². The second-order valence-corrected chi connectivity index (χ2v) is 2.85. The minimum absolute atomic E-state index is 0.928. The lowest BCUT2D eigenvalue weighted by Gasteiger charge is -2.02. The molecule has 14 heavy (non-hydrogen) atoms. The van der Waals surface area contributed by atoms with E-state index in [4.69, 9.17) is 4.74 Å². The molecule has 0 aliphatic rings. The van der Waals surface area contributed by atoms with Crippen LogP contribution in [0.5, 0.6) is 5.75 Å². The molecule has 0 fully saturated rings. The van der Waals surface area contributed by atoms with Crippen molar-refractivity contribution in [3.05, 3.63) is 30.0 Å². The molecule has 1 aromatic carbocycles. The van der Waals surface area contributed by atoms with Gasteiger partial charge in [-0.3, -0.25) is 0 Å². The number of benzene rings is 1. The van der Waals surface area contributed by atoms with Gasteiger partial charge in [-0.2, -0.15) is 0 Å². The van der Waals surface area contributed by atoms with E-state index in [1.165, 1.54) is 5.56 Å². The zero-order valence-corrected chi connectivity index (χ0v) is 9.22. The highest BCUT2D eigenvalue weighted by Gasteiger charge is 2.02. The normalized spacial score (nSPS) is 9.43. The predicted molar refractivity (Wildman–Crippen MR) is 60.9 cm³/mol. The Morgan fingerprint density at radius 3 is 2.50 bits per heavy atom. The molecule has 0 bridgehead atoms. The van der Waals surface area contributed by atoms with Crippen LogP contribution in [0.2, 0.25) is 0 Å². The van der Waals surface area contributed by atoms with Crippen molar-refractivity contribution in [3.63, 3.8) is 0 Å². The van der Waals surface area contributed by atoms with Gasteiger partial charge in [0.15, 0.2) is 0 Å². The van der Waals surface area contributed by atoms with Gasteiger partial charge in [0.2, 0.25) is 0 Å². The fourth-order valence-corrected chi connectivity index (χ4v) is 1.45. The van der Waals surface area contributed by atoms with Gasteiger partial charge in [-0.1, -0.05) is 19.9 Å². The molecule has 1 heterocycles. The van der Waals surface area contributed by atoms with E-state index < -0.39 is 0 Å². The highest BCUT2D eigenvalue weighted by atomic mass is 16.5. The highest BCUT2D eigenvalue weighted by molar-refractivity contribution is 5.88. The van der Waals surface area contributed by atoms with E-state index in [1.54, 1.807) is 7.11 Å². The van der Waals surface area contributed by atoms with Crippen molar-refractivity contribution in [2.75, 3.05) is 7.11 Å². The summed E-state index contributed by atoms with van der Waals surface area (Å²) in [5.41, 5.74) is 2.41. The summed E-state index contributed by atoms with van der Waals surface area (Å²) in [7, 11) is 1.69. The Hall–Kier alpha value is -1.44. The van der Waals surface area contributed by atoms with Crippen LogP contribution in [-0.4, -0.2) is 12.1 Å². The minimum atomic E-state index is 0.928. The Balaban J connectivity index is 0.000000461. The minimum Gasteiger partial charge on any atom is -0.496 e. The Morgan fingerprint density at radius 1 is 1.14 bits per heavy atom. The van der Waals surface area contributed by atoms with Crippen LogP contribution >= 0.6 is 0 Å². The van der Waals surface area contributed by atoms with Gasteiger partial charge in [0.05, 0.1) is 12.6 Å². The lowest BCUT2D eigenvalue weighted by molar-refractivity contribution is 0.420. The summed E-state index contributed by atoms with van der Waals surface area (Å²) in [6.45, 7) is 6.08. The van der Waals surface area contributed by atoms with Crippen molar-refractivity contribution >= 4 is 10.9 Å². The SMILES string of the molecule is CC.COc1ccc(C)c2[nH]ccc12. The fourth-order valence-electron chi connectivity index (χ4n) is 1.45. The molecule has 0 unspecified atom stereocenters. The zero-order chi connectivity index (χ0) is 10.6. The molecule has 2 heteroatoms. The number of methoxy groups -OCH3 is 1. The fraction of sp³-hybridized carbons (Fsp3) is 0.333. The van der Waals surface area contributed by atoms with Gasteiger partial charge in [-0.15, -0.1) is 0 Å². The first-order chi connectivity index (χ1) is 6.83.